The highest BCUT2D eigenvalue weighted by atomic mass is 15.3. The van der Waals surface area contributed by atoms with Crippen LogP contribution < -0.4 is 9.80 Å². The first-order chi connectivity index (χ1) is 11.9. The Bertz CT molecular complexity index is 849. The first-order valence-electron chi connectivity index (χ1n) is 8.34. The van der Waals surface area contributed by atoms with Crippen LogP contribution in [0.3, 0.4) is 0 Å². The Kier molecular flexibility index (Phi) is 3.07. The number of hydrogen-bond acceptors (Lipinski definition) is 7. The summed E-state index contributed by atoms with van der Waals surface area (Å²) in [6, 6.07) is 2.41. The quantitative estimate of drug-likeness (QED) is 0.719. The molecule has 2 fully saturated rings. The molecule has 0 radical (unpaired) electrons. The minimum absolute atomic E-state index is 0.574. The molecule has 0 spiro atoms. The van der Waals surface area contributed by atoms with Crippen molar-refractivity contribution in [1.29, 1.82) is 0 Å². The maximum atomic E-state index is 4.59. The molecule has 24 heavy (non-hydrogen) atoms. The van der Waals surface area contributed by atoms with E-state index in [0.29, 0.717) is 6.04 Å². The lowest BCUT2D eigenvalue weighted by molar-refractivity contribution is 0.635. The van der Waals surface area contributed by atoms with Gasteiger partial charge in [-0.2, -0.15) is 0 Å². The predicted molar refractivity (Wildman–Crippen MR) is 90.1 cm³/mol. The van der Waals surface area contributed by atoms with Gasteiger partial charge in [-0.05, 0) is 18.9 Å². The normalized spacial score (nSPS) is 18.3. The summed E-state index contributed by atoms with van der Waals surface area (Å²) in [5.41, 5.74) is 1.87. The third kappa shape index (κ3) is 2.26. The SMILES string of the molecule is c1cnc(N2CCN(c3ncnc4c3ncn4C3CC3)CC2)nc1. The van der Waals surface area contributed by atoms with Gasteiger partial charge in [-0.1, -0.05) is 0 Å². The zero-order valence-corrected chi connectivity index (χ0v) is 13.3. The molecule has 8 heteroatoms. The van der Waals surface area contributed by atoms with Crippen molar-refractivity contribution in [2.45, 2.75) is 18.9 Å². The molecular weight excluding hydrogens is 304 g/mol. The first kappa shape index (κ1) is 13.6. The van der Waals surface area contributed by atoms with Crippen LogP contribution in [0.5, 0.6) is 0 Å². The Labute approximate surface area is 139 Å². The van der Waals surface area contributed by atoms with E-state index in [0.717, 1.165) is 49.1 Å². The Morgan fingerprint density at radius 2 is 1.58 bits per heavy atom. The van der Waals surface area contributed by atoms with E-state index in [4.69, 9.17) is 0 Å². The number of rotatable bonds is 3. The second-order valence-electron chi connectivity index (χ2n) is 6.28. The zero-order chi connectivity index (χ0) is 15.9. The van der Waals surface area contributed by atoms with Crippen LogP contribution >= 0.6 is 0 Å². The fourth-order valence-corrected chi connectivity index (χ4v) is 3.26. The van der Waals surface area contributed by atoms with Crippen LogP contribution in [0.4, 0.5) is 11.8 Å². The van der Waals surface area contributed by atoms with E-state index in [1.165, 1.54) is 12.8 Å². The standard InChI is InChI=1S/C16H18N8/c1-4-17-16(18-5-1)23-8-6-22(7-9-23)14-13-15(20-10-19-14)24(11-21-13)12-2-3-12/h1,4-5,10-12H,2-3,6-9H2. The number of imidazole rings is 1. The third-order valence-corrected chi connectivity index (χ3v) is 4.69. The number of piperazine rings is 1. The Hall–Kier alpha value is -2.77. The number of fused-ring (bicyclic) bond motifs is 1. The predicted octanol–water partition coefficient (Wildman–Crippen LogP) is 1.28. The van der Waals surface area contributed by atoms with Crippen LogP contribution in [-0.2, 0) is 0 Å². The molecule has 0 amide bonds. The van der Waals surface area contributed by atoms with Crippen molar-refractivity contribution < 1.29 is 0 Å². The minimum Gasteiger partial charge on any atom is -0.351 e. The third-order valence-electron chi connectivity index (χ3n) is 4.69. The lowest BCUT2D eigenvalue weighted by Crippen LogP contribution is -2.47. The molecule has 2 aliphatic rings. The van der Waals surface area contributed by atoms with Crippen LogP contribution in [0.1, 0.15) is 18.9 Å². The van der Waals surface area contributed by atoms with Gasteiger partial charge >= 0.3 is 0 Å². The summed E-state index contributed by atoms with van der Waals surface area (Å²) in [7, 11) is 0. The average Bonchev–Trinajstić information content (AvgIpc) is 3.41. The molecule has 0 N–H and O–H groups in total. The largest absolute Gasteiger partial charge is 0.351 e. The van der Waals surface area contributed by atoms with Gasteiger partial charge < -0.3 is 14.4 Å². The zero-order valence-electron chi connectivity index (χ0n) is 13.3. The van der Waals surface area contributed by atoms with E-state index in [9.17, 15) is 0 Å². The summed E-state index contributed by atoms with van der Waals surface area (Å²) < 4.78 is 2.19. The van der Waals surface area contributed by atoms with Crippen molar-refractivity contribution in [3.8, 4) is 0 Å². The maximum Gasteiger partial charge on any atom is 0.225 e. The number of nitrogens with zero attached hydrogens (tertiary/aromatic N) is 8. The first-order valence-corrected chi connectivity index (χ1v) is 8.34. The molecule has 5 rings (SSSR count). The lowest BCUT2D eigenvalue weighted by atomic mass is 10.3. The Morgan fingerprint density at radius 1 is 0.833 bits per heavy atom. The number of anilines is 2. The van der Waals surface area contributed by atoms with E-state index >= 15 is 0 Å². The van der Waals surface area contributed by atoms with Gasteiger partial charge in [-0.25, -0.2) is 24.9 Å². The maximum absolute atomic E-state index is 4.59. The van der Waals surface area contributed by atoms with Gasteiger partial charge in [-0.3, -0.25) is 0 Å². The van der Waals surface area contributed by atoms with E-state index in [1.807, 2.05) is 12.4 Å². The fourth-order valence-electron chi connectivity index (χ4n) is 3.26. The summed E-state index contributed by atoms with van der Waals surface area (Å²) in [5, 5.41) is 0. The summed E-state index contributed by atoms with van der Waals surface area (Å²) in [4.78, 5) is 26.7. The highest BCUT2D eigenvalue weighted by molar-refractivity contribution is 5.83. The highest BCUT2D eigenvalue weighted by Gasteiger charge is 2.28. The van der Waals surface area contributed by atoms with Crippen molar-refractivity contribution in [2.24, 2.45) is 0 Å². The molecule has 1 saturated heterocycles. The van der Waals surface area contributed by atoms with Crippen molar-refractivity contribution in [3.05, 3.63) is 31.1 Å². The van der Waals surface area contributed by atoms with Crippen LogP contribution in [0.15, 0.2) is 31.1 Å². The summed E-state index contributed by atoms with van der Waals surface area (Å²) >= 11 is 0. The Balaban J connectivity index is 1.39. The minimum atomic E-state index is 0.574. The van der Waals surface area contributed by atoms with Gasteiger partial charge in [0.25, 0.3) is 0 Å². The molecule has 0 unspecified atom stereocenters. The van der Waals surface area contributed by atoms with Crippen LogP contribution in [0, 0.1) is 0 Å². The summed E-state index contributed by atoms with van der Waals surface area (Å²) in [5.74, 6) is 1.73. The van der Waals surface area contributed by atoms with E-state index in [1.54, 1.807) is 18.7 Å². The Morgan fingerprint density at radius 3 is 2.33 bits per heavy atom. The summed E-state index contributed by atoms with van der Waals surface area (Å²) in [6.07, 6.45) is 9.58. The molecular formula is C16H18N8. The van der Waals surface area contributed by atoms with Crippen LogP contribution in [-0.4, -0.2) is 55.7 Å². The fraction of sp³-hybridized carbons (Fsp3) is 0.438. The summed E-state index contributed by atoms with van der Waals surface area (Å²) in [6.45, 7) is 3.50. The molecule has 3 aromatic rings. The molecule has 1 saturated carbocycles. The van der Waals surface area contributed by atoms with Gasteiger partial charge in [0.15, 0.2) is 17.0 Å². The topological polar surface area (TPSA) is 75.9 Å². The second kappa shape index (κ2) is 5.40. The smallest absolute Gasteiger partial charge is 0.225 e. The van der Waals surface area contributed by atoms with Gasteiger partial charge in [0.05, 0.1) is 6.33 Å². The molecule has 1 aliphatic heterocycles. The average molecular weight is 322 g/mol. The van der Waals surface area contributed by atoms with Gasteiger partial charge in [-0.15, -0.1) is 0 Å². The van der Waals surface area contributed by atoms with Crippen molar-refractivity contribution in [3.63, 3.8) is 0 Å². The highest BCUT2D eigenvalue weighted by Crippen LogP contribution is 2.37. The van der Waals surface area contributed by atoms with Gasteiger partial charge in [0.1, 0.15) is 6.33 Å². The van der Waals surface area contributed by atoms with E-state index < -0.39 is 0 Å². The molecule has 8 nitrogen and oxygen atoms in total. The number of aromatic nitrogens is 6. The van der Waals surface area contributed by atoms with E-state index in [-0.39, 0.29) is 0 Å². The molecule has 0 aromatic carbocycles. The molecule has 4 heterocycles. The van der Waals surface area contributed by atoms with E-state index in [2.05, 4.69) is 39.3 Å². The van der Waals surface area contributed by atoms with Gasteiger partial charge in [0, 0.05) is 44.6 Å². The van der Waals surface area contributed by atoms with Crippen LogP contribution in [0.25, 0.3) is 11.2 Å². The van der Waals surface area contributed by atoms with Crippen molar-refractivity contribution >= 4 is 22.9 Å². The van der Waals surface area contributed by atoms with Crippen molar-refractivity contribution in [1.82, 2.24) is 29.5 Å². The molecule has 122 valence electrons. The number of hydrogen-bond donors (Lipinski definition) is 0. The molecule has 3 aromatic heterocycles. The van der Waals surface area contributed by atoms with Gasteiger partial charge in [0.2, 0.25) is 5.95 Å². The molecule has 0 bridgehead atoms. The molecule has 1 aliphatic carbocycles. The molecule has 0 atom stereocenters. The lowest BCUT2D eigenvalue weighted by Gasteiger charge is -2.35. The van der Waals surface area contributed by atoms with Crippen LogP contribution in [0.2, 0.25) is 0 Å². The second-order valence-corrected chi connectivity index (χ2v) is 6.28. The van der Waals surface area contributed by atoms with Crippen molar-refractivity contribution in [2.75, 3.05) is 36.0 Å². The monoisotopic (exact) mass is 322 g/mol.